The molecular formula is C18H22N4O2S2. The van der Waals surface area contributed by atoms with E-state index in [-0.39, 0.29) is 29.7 Å². The van der Waals surface area contributed by atoms with E-state index in [2.05, 4.69) is 15.5 Å². The van der Waals surface area contributed by atoms with Gasteiger partial charge in [0.1, 0.15) is 5.01 Å². The second-order valence-electron chi connectivity index (χ2n) is 7.17. The van der Waals surface area contributed by atoms with Gasteiger partial charge in [-0.1, -0.05) is 29.5 Å². The monoisotopic (exact) mass is 390 g/mol. The van der Waals surface area contributed by atoms with Crippen molar-refractivity contribution < 1.29 is 9.59 Å². The summed E-state index contributed by atoms with van der Waals surface area (Å²) in [6.07, 6.45) is 0.249. The number of nitrogens with zero attached hydrogens (tertiary/aromatic N) is 3. The first-order valence-electron chi connectivity index (χ1n) is 8.44. The highest BCUT2D eigenvalue weighted by molar-refractivity contribution is 7.98. The van der Waals surface area contributed by atoms with Gasteiger partial charge in [0.2, 0.25) is 16.9 Å². The first-order chi connectivity index (χ1) is 12.3. The van der Waals surface area contributed by atoms with Gasteiger partial charge < -0.3 is 10.2 Å². The Morgan fingerprint density at radius 1 is 1.31 bits per heavy atom. The van der Waals surface area contributed by atoms with Gasteiger partial charge in [0.05, 0.1) is 11.7 Å². The fourth-order valence-electron chi connectivity index (χ4n) is 2.76. The first-order valence-corrected chi connectivity index (χ1v) is 10.2. The van der Waals surface area contributed by atoms with Crippen LogP contribution >= 0.6 is 23.1 Å². The van der Waals surface area contributed by atoms with E-state index < -0.39 is 0 Å². The molecule has 1 fully saturated rings. The maximum absolute atomic E-state index is 12.5. The summed E-state index contributed by atoms with van der Waals surface area (Å²) < 4.78 is 0. The zero-order valence-corrected chi connectivity index (χ0v) is 16.7. The summed E-state index contributed by atoms with van der Waals surface area (Å²) >= 11 is 3.05. The number of thioether (sulfide) groups is 1. The molecule has 1 aromatic carbocycles. The third-order valence-electron chi connectivity index (χ3n) is 4.11. The zero-order chi connectivity index (χ0) is 18.7. The first kappa shape index (κ1) is 18.8. The van der Waals surface area contributed by atoms with Gasteiger partial charge in [-0.3, -0.25) is 9.59 Å². The molecule has 6 nitrogen and oxygen atoms in total. The maximum atomic E-state index is 12.5. The van der Waals surface area contributed by atoms with E-state index in [1.54, 1.807) is 16.7 Å². The Balaban J connectivity index is 1.54. The molecule has 1 atom stereocenters. The molecule has 0 radical (unpaired) electrons. The number of anilines is 1. The molecule has 1 aliphatic rings. The third kappa shape index (κ3) is 4.62. The Morgan fingerprint density at radius 3 is 2.69 bits per heavy atom. The molecule has 1 aliphatic heterocycles. The molecule has 1 N–H and O–H groups in total. The molecule has 0 saturated carbocycles. The minimum atomic E-state index is -0.340. The van der Waals surface area contributed by atoms with Crippen LogP contribution in [0.3, 0.4) is 0 Å². The van der Waals surface area contributed by atoms with Crippen LogP contribution < -0.4 is 5.32 Å². The van der Waals surface area contributed by atoms with E-state index in [4.69, 9.17) is 0 Å². The average molecular weight is 391 g/mol. The lowest BCUT2D eigenvalue weighted by atomic mass is 10.1. The molecular weight excluding hydrogens is 368 g/mol. The summed E-state index contributed by atoms with van der Waals surface area (Å²) in [4.78, 5) is 27.5. The quantitative estimate of drug-likeness (QED) is 0.792. The summed E-state index contributed by atoms with van der Waals surface area (Å²) in [6, 6.07) is 10.1. The Hall–Kier alpha value is -1.93. The average Bonchev–Trinajstić information content (AvgIpc) is 3.20. The van der Waals surface area contributed by atoms with E-state index >= 15 is 0 Å². The van der Waals surface area contributed by atoms with Crippen molar-refractivity contribution in [1.29, 1.82) is 0 Å². The predicted octanol–water partition coefficient (Wildman–Crippen LogP) is 3.42. The number of aromatic nitrogens is 2. The van der Waals surface area contributed by atoms with Crippen LogP contribution in [0.1, 0.15) is 32.2 Å². The van der Waals surface area contributed by atoms with Gasteiger partial charge >= 0.3 is 0 Å². The molecule has 0 aliphatic carbocycles. The van der Waals surface area contributed by atoms with Gasteiger partial charge in [0.25, 0.3) is 0 Å². The zero-order valence-electron chi connectivity index (χ0n) is 15.1. The Morgan fingerprint density at radius 2 is 2.04 bits per heavy atom. The minimum Gasteiger partial charge on any atom is -0.337 e. The smallest absolute Gasteiger partial charge is 0.231 e. The predicted molar refractivity (Wildman–Crippen MR) is 104 cm³/mol. The van der Waals surface area contributed by atoms with Crippen LogP contribution in [0.4, 0.5) is 5.13 Å². The number of benzene rings is 1. The van der Waals surface area contributed by atoms with Crippen LogP contribution in [-0.4, -0.2) is 39.0 Å². The molecule has 1 saturated heterocycles. The molecule has 1 aromatic heterocycles. The number of hydrogen-bond donors (Lipinski definition) is 1. The largest absolute Gasteiger partial charge is 0.337 e. The SMILES string of the molecule is CC(C)(C)N1CC(C(=O)Nc2nnc(CSc3ccccc3)s2)CC1=O. The van der Waals surface area contributed by atoms with Crippen LogP contribution in [0, 0.1) is 5.92 Å². The van der Waals surface area contributed by atoms with Crippen LogP contribution in [0.5, 0.6) is 0 Å². The number of nitrogens with one attached hydrogen (secondary N) is 1. The molecule has 2 amide bonds. The van der Waals surface area contributed by atoms with Crippen LogP contribution in [0.2, 0.25) is 0 Å². The standard InChI is InChI=1S/C18H22N4O2S2/c1-18(2,3)22-10-12(9-15(22)23)16(24)19-17-21-20-14(26-17)11-25-13-7-5-4-6-8-13/h4-8,12H,9-11H2,1-3H3,(H,19,21,24). The van der Waals surface area contributed by atoms with Crippen molar-refractivity contribution in [3.63, 3.8) is 0 Å². The highest BCUT2D eigenvalue weighted by atomic mass is 32.2. The number of rotatable bonds is 5. The number of carbonyl (C=O) groups is 2. The van der Waals surface area contributed by atoms with Crippen molar-refractivity contribution in [2.75, 3.05) is 11.9 Å². The Bertz CT molecular complexity index is 786. The molecule has 1 unspecified atom stereocenters. The highest BCUT2D eigenvalue weighted by Gasteiger charge is 2.39. The summed E-state index contributed by atoms with van der Waals surface area (Å²) in [6.45, 7) is 6.38. The lowest BCUT2D eigenvalue weighted by Crippen LogP contribution is -2.42. The third-order valence-corrected chi connectivity index (χ3v) is 6.15. The van der Waals surface area contributed by atoms with E-state index in [1.165, 1.54) is 16.2 Å². The van der Waals surface area contributed by atoms with Gasteiger partial charge in [-0.25, -0.2) is 0 Å². The van der Waals surface area contributed by atoms with Crippen molar-refractivity contribution in [2.24, 2.45) is 5.92 Å². The fraction of sp³-hybridized carbons (Fsp3) is 0.444. The van der Waals surface area contributed by atoms with Crippen LogP contribution in [0.25, 0.3) is 0 Å². The molecule has 3 rings (SSSR count). The molecule has 2 heterocycles. The van der Waals surface area contributed by atoms with Crippen molar-refractivity contribution in [3.05, 3.63) is 35.3 Å². The minimum absolute atomic E-state index is 0.0230. The van der Waals surface area contributed by atoms with Crippen molar-refractivity contribution in [2.45, 2.75) is 43.4 Å². The second kappa shape index (κ2) is 7.75. The maximum Gasteiger partial charge on any atom is 0.231 e. The van der Waals surface area contributed by atoms with Gasteiger partial charge in [-0.05, 0) is 32.9 Å². The van der Waals surface area contributed by atoms with Gasteiger partial charge in [0, 0.05) is 23.4 Å². The van der Waals surface area contributed by atoms with Crippen LogP contribution in [-0.2, 0) is 15.3 Å². The number of amides is 2. The van der Waals surface area contributed by atoms with Gasteiger partial charge in [-0.15, -0.1) is 22.0 Å². The van der Waals surface area contributed by atoms with Crippen molar-refractivity contribution >= 4 is 40.0 Å². The molecule has 0 spiro atoms. The Labute approximate surface area is 161 Å². The van der Waals surface area contributed by atoms with E-state index in [1.807, 2.05) is 51.1 Å². The van der Waals surface area contributed by atoms with E-state index in [9.17, 15) is 9.59 Å². The molecule has 8 heteroatoms. The molecule has 26 heavy (non-hydrogen) atoms. The highest BCUT2D eigenvalue weighted by Crippen LogP contribution is 2.28. The lowest BCUT2D eigenvalue weighted by molar-refractivity contribution is -0.131. The number of carbonyl (C=O) groups excluding carboxylic acids is 2. The second-order valence-corrected chi connectivity index (χ2v) is 9.28. The van der Waals surface area contributed by atoms with Crippen molar-refractivity contribution in [3.8, 4) is 0 Å². The molecule has 138 valence electrons. The van der Waals surface area contributed by atoms with Gasteiger partial charge in [-0.2, -0.15) is 0 Å². The summed E-state index contributed by atoms with van der Waals surface area (Å²) in [5, 5.41) is 12.3. The number of hydrogen-bond acceptors (Lipinski definition) is 6. The topological polar surface area (TPSA) is 75.2 Å². The van der Waals surface area contributed by atoms with Crippen LogP contribution in [0.15, 0.2) is 35.2 Å². The summed E-state index contributed by atoms with van der Waals surface area (Å²) in [5.41, 5.74) is -0.267. The Kier molecular flexibility index (Phi) is 5.62. The van der Waals surface area contributed by atoms with E-state index in [0.717, 1.165) is 5.01 Å². The molecule has 2 aromatic rings. The van der Waals surface area contributed by atoms with Crippen molar-refractivity contribution in [1.82, 2.24) is 15.1 Å². The lowest BCUT2D eigenvalue weighted by Gasteiger charge is -2.31. The van der Waals surface area contributed by atoms with E-state index in [0.29, 0.717) is 17.4 Å². The fourth-order valence-corrected chi connectivity index (χ4v) is 4.41. The molecule has 0 bridgehead atoms. The van der Waals surface area contributed by atoms with Gasteiger partial charge in [0.15, 0.2) is 0 Å². The summed E-state index contributed by atoms with van der Waals surface area (Å²) in [5.74, 6) is 0.225. The number of likely N-dealkylation sites (tertiary alicyclic amines) is 1. The normalized spacial score (nSPS) is 17.6. The summed E-state index contributed by atoms with van der Waals surface area (Å²) in [7, 11) is 0.